The van der Waals surface area contributed by atoms with Crippen molar-refractivity contribution in [2.45, 2.75) is 13.0 Å². The second-order valence-corrected chi connectivity index (χ2v) is 3.33. The van der Waals surface area contributed by atoms with Gasteiger partial charge in [0.1, 0.15) is 6.10 Å². The molecule has 1 rings (SSSR count). The molecule has 3 nitrogen and oxygen atoms in total. The highest BCUT2D eigenvalue weighted by atomic mass is 16.6. The van der Waals surface area contributed by atoms with E-state index in [1.807, 2.05) is 6.07 Å². The Balaban J connectivity index is 2.65. The van der Waals surface area contributed by atoms with E-state index in [0.29, 0.717) is 17.7 Å². The third-order valence-electron chi connectivity index (χ3n) is 1.95. The van der Waals surface area contributed by atoms with Crippen LogP contribution in [-0.2, 0) is 9.47 Å². The van der Waals surface area contributed by atoms with Crippen LogP contribution < -0.4 is 0 Å². The lowest BCUT2D eigenvalue weighted by Crippen LogP contribution is -2.20. The largest absolute Gasteiger partial charge is 0.457 e. The quantitative estimate of drug-likeness (QED) is 0.709. The molecule has 0 amide bonds. The Bertz CT molecular complexity index is 333. The van der Waals surface area contributed by atoms with Gasteiger partial charge < -0.3 is 9.47 Å². The highest BCUT2D eigenvalue weighted by molar-refractivity contribution is 5.91. The molecule has 0 aromatic heterocycles. The maximum atomic E-state index is 11.6. The minimum atomic E-state index is -0.356. The summed E-state index contributed by atoms with van der Waals surface area (Å²) in [4.78, 5) is 11.6. The van der Waals surface area contributed by atoms with Crippen molar-refractivity contribution >= 4 is 5.97 Å². The van der Waals surface area contributed by atoms with Gasteiger partial charge in [-0.1, -0.05) is 18.2 Å². The van der Waals surface area contributed by atoms with Crippen LogP contribution in [0.25, 0.3) is 0 Å². The number of esters is 1. The van der Waals surface area contributed by atoms with Crippen LogP contribution in [0.5, 0.6) is 0 Å². The topological polar surface area (TPSA) is 35.5 Å². The molecular weight excluding hydrogens is 192 g/mol. The van der Waals surface area contributed by atoms with Gasteiger partial charge in [-0.15, -0.1) is 0 Å². The highest BCUT2D eigenvalue weighted by Crippen LogP contribution is 2.09. The molecule has 0 N–H and O–H groups in total. The SMILES string of the molecule is [CH2]c1ccccc1C(=O)OC(C)COC. The standard InChI is InChI=1S/C12H15O3/c1-9-6-4-5-7-11(9)12(13)15-10(2)8-14-3/h4-7,10H,1,8H2,2-3H3. The first-order valence-electron chi connectivity index (χ1n) is 4.76. The van der Waals surface area contributed by atoms with Crippen LogP contribution in [-0.4, -0.2) is 25.8 Å². The summed E-state index contributed by atoms with van der Waals surface area (Å²) in [5, 5.41) is 0. The maximum Gasteiger partial charge on any atom is 0.338 e. The van der Waals surface area contributed by atoms with Crippen LogP contribution in [0.15, 0.2) is 24.3 Å². The zero-order chi connectivity index (χ0) is 11.3. The highest BCUT2D eigenvalue weighted by Gasteiger charge is 2.13. The van der Waals surface area contributed by atoms with E-state index >= 15 is 0 Å². The molecule has 0 spiro atoms. The smallest absolute Gasteiger partial charge is 0.338 e. The van der Waals surface area contributed by atoms with Gasteiger partial charge >= 0.3 is 5.97 Å². The average molecular weight is 207 g/mol. The molecule has 1 aromatic carbocycles. The lowest BCUT2D eigenvalue weighted by Gasteiger charge is -2.12. The number of hydrogen-bond acceptors (Lipinski definition) is 3. The summed E-state index contributed by atoms with van der Waals surface area (Å²) in [6.07, 6.45) is -0.248. The molecule has 0 aliphatic rings. The summed E-state index contributed by atoms with van der Waals surface area (Å²) >= 11 is 0. The third-order valence-corrected chi connectivity index (χ3v) is 1.95. The van der Waals surface area contributed by atoms with Crippen molar-refractivity contribution in [3.8, 4) is 0 Å². The van der Waals surface area contributed by atoms with Crippen LogP contribution in [0.1, 0.15) is 22.8 Å². The Morgan fingerprint density at radius 3 is 2.73 bits per heavy atom. The molecule has 1 atom stereocenters. The average Bonchev–Trinajstić information content (AvgIpc) is 2.18. The third kappa shape index (κ3) is 3.36. The van der Waals surface area contributed by atoms with Crippen LogP contribution >= 0.6 is 0 Å². The Morgan fingerprint density at radius 2 is 2.13 bits per heavy atom. The lowest BCUT2D eigenvalue weighted by atomic mass is 10.1. The van der Waals surface area contributed by atoms with Gasteiger partial charge in [-0.25, -0.2) is 4.79 Å². The Morgan fingerprint density at radius 1 is 1.47 bits per heavy atom. The second-order valence-electron chi connectivity index (χ2n) is 3.33. The number of carbonyl (C=O) groups is 1. The van der Waals surface area contributed by atoms with E-state index in [2.05, 4.69) is 6.92 Å². The van der Waals surface area contributed by atoms with Crippen molar-refractivity contribution in [2.75, 3.05) is 13.7 Å². The molecule has 1 aromatic rings. The van der Waals surface area contributed by atoms with E-state index in [1.165, 1.54) is 0 Å². The van der Waals surface area contributed by atoms with Crippen molar-refractivity contribution in [3.05, 3.63) is 42.3 Å². The summed E-state index contributed by atoms with van der Waals surface area (Å²) < 4.78 is 10.0. The number of rotatable bonds is 4. The summed E-state index contributed by atoms with van der Waals surface area (Å²) in [5.74, 6) is -0.356. The molecular formula is C12H15O3. The van der Waals surface area contributed by atoms with Crippen LogP contribution in [0, 0.1) is 6.92 Å². The monoisotopic (exact) mass is 207 g/mol. The van der Waals surface area contributed by atoms with Crippen molar-refractivity contribution < 1.29 is 14.3 Å². The number of ether oxygens (including phenoxy) is 2. The van der Waals surface area contributed by atoms with Crippen LogP contribution in [0.4, 0.5) is 0 Å². The summed E-state index contributed by atoms with van der Waals surface area (Å²) in [6.45, 7) is 5.94. The molecule has 1 unspecified atom stereocenters. The van der Waals surface area contributed by atoms with Crippen molar-refractivity contribution in [1.82, 2.24) is 0 Å². The first-order valence-corrected chi connectivity index (χ1v) is 4.76. The van der Waals surface area contributed by atoms with E-state index < -0.39 is 0 Å². The van der Waals surface area contributed by atoms with Crippen LogP contribution in [0.3, 0.4) is 0 Å². The zero-order valence-corrected chi connectivity index (χ0v) is 9.03. The predicted octanol–water partition coefficient (Wildman–Crippen LogP) is 2.06. The van der Waals surface area contributed by atoms with Crippen molar-refractivity contribution in [2.24, 2.45) is 0 Å². The Kier molecular flexibility index (Phi) is 4.31. The number of benzene rings is 1. The minimum absolute atomic E-state index is 0.248. The number of hydrogen-bond donors (Lipinski definition) is 0. The zero-order valence-electron chi connectivity index (χ0n) is 9.03. The van der Waals surface area contributed by atoms with Gasteiger partial charge in [-0.3, -0.25) is 0 Å². The first-order chi connectivity index (χ1) is 7.15. The fourth-order valence-electron chi connectivity index (χ4n) is 1.23. The lowest BCUT2D eigenvalue weighted by molar-refractivity contribution is 0.0120. The Hall–Kier alpha value is -1.35. The number of carbonyl (C=O) groups excluding carboxylic acids is 1. The predicted molar refractivity (Wildman–Crippen MR) is 57.7 cm³/mol. The van der Waals surface area contributed by atoms with Crippen molar-refractivity contribution in [3.63, 3.8) is 0 Å². The van der Waals surface area contributed by atoms with E-state index in [-0.39, 0.29) is 12.1 Å². The van der Waals surface area contributed by atoms with Crippen molar-refractivity contribution in [1.29, 1.82) is 0 Å². The molecule has 0 fully saturated rings. The summed E-state index contributed by atoms with van der Waals surface area (Å²) in [7, 11) is 1.57. The molecule has 0 bridgehead atoms. The van der Waals surface area contributed by atoms with E-state index in [9.17, 15) is 4.79 Å². The van der Waals surface area contributed by atoms with E-state index in [0.717, 1.165) is 0 Å². The van der Waals surface area contributed by atoms with Gasteiger partial charge in [0.15, 0.2) is 0 Å². The fraction of sp³-hybridized carbons (Fsp3) is 0.333. The van der Waals surface area contributed by atoms with E-state index in [4.69, 9.17) is 9.47 Å². The van der Waals surface area contributed by atoms with Gasteiger partial charge in [0, 0.05) is 7.11 Å². The fourth-order valence-corrected chi connectivity index (χ4v) is 1.23. The van der Waals surface area contributed by atoms with Gasteiger partial charge in [-0.2, -0.15) is 0 Å². The molecule has 0 saturated carbocycles. The van der Waals surface area contributed by atoms with Gasteiger partial charge in [0.05, 0.1) is 12.2 Å². The molecule has 1 radical (unpaired) electrons. The molecule has 15 heavy (non-hydrogen) atoms. The van der Waals surface area contributed by atoms with Gasteiger partial charge in [0.25, 0.3) is 0 Å². The molecule has 3 heteroatoms. The molecule has 0 aliphatic carbocycles. The Labute approximate surface area is 90.0 Å². The second kappa shape index (κ2) is 5.51. The first kappa shape index (κ1) is 11.7. The minimum Gasteiger partial charge on any atom is -0.457 e. The maximum absolute atomic E-state index is 11.6. The normalized spacial score (nSPS) is 12.2. The van der Waals surface area contributed by atoms with Gasteiger partial charge in [0.2, 0.25) is 0 Å². The van der Waals surface area contributed by atoms with Crippen LogP contribution in [0.2, 0.25) is 0 Å². The summed E-state index contributed by atoms with van der Waals surface area (Å²) in [5.41, 5.74) is 1.17. The van der Waals surface area contributed by atoms with E-state index in [1.54, 1.807) is 32.2 Å². The summed E-state index contributed by atoms with van der Waals surface area (Å²) in [6, 6.07) is 7.09. The molecule has 81 valence electrons. The number of methoxy groups -OCH3 is 1. The molecule has 0 heterocycles. The molecule has 0 aliphatic heterocycles. The van der Waals surface area contributed by atoms with Gasteiger partial charge in [-0.05, 0) is 25.5 Å². The molecule has 0 saturated heterocycles.